The lowest BCUT2D eigenvalue weighted by atomic mass is 9.76. The molecule has 43 heavy (non-hydrogen) atoms. The number of halogens is 1. The number of H-pyrrole nitrogens is 1. The van der Waals surface area contributed by atoms with Crippen molar-refractivity contribution in [3.05, 3.63) is 74.0 Å². The quantitative estimate of drug-likeness (QED) is 0.274. The van der Waals surface area contributed by atoms with Crippen LogP contribution in [0.5, 0.6) is 0 Å². The molecule has 6 rings (SSSR count). The molecule has 1 spiro atoms. The molecule has 1 aliphatic heterocycles. The minimum Gasteiger partial charge on any atom is -0.377 e. The fourth-order valence-electron chi connectivity index (χ4n) is 6.50. The van der Waals surface area contributed by atoms with Crippen molar-refractivity contribution < 1.29 is 13.2 Å². The van der Waals surface area contributed by atoms with Crippen molar-refractivity contribution >= 4 is 50.1 Å². The highest BCUT2D eigenvalue weighted by Crippen LogP contribution is 2.45. The van der Waals surface area contributed by atoms with Crippen molar-refractivity contribution in [2.45, 2.75) is 51.0 Å². The van der Waals surface area contributed by atoms with E-state index >= 15 is 0 Å². The van der Waals surface area contributed by atoms with Gasteiger partial charge in [-0.15, -0.1) is 0 Å². The Bertz CT molecular complexity index is 1930. The molecule has 14 heteroatoms. The second kappa shape index (κ2) is 10.6. The monoisotopic (exact) mass is 624 g/mol. The number of hydrogen-bond donors (Lipinski definition) is 3. The Labute approximate surface area is 253 Å². The number of aryl methyl sites for hydroxylation is 2. The molecule has 2 aliphatic rings. The van der Waals surface area contributed by atoms with Crippen LogP contribution in [0.2, 0.25) is 5.15 Å². The highest BCUT2D eigenvalue weighted by Gasteiger charge is 2.43. The summed E-state index contributed by atoms with van der Waals surface area (Å²) in [7, 11) is -2.07. The number of piperidine rings is 1. The highest BCUT2D eigenvalue weighted by molar-refractivity contribution is 7.89. The first-order valence-corrected chi connectivity index (χ1v) is 16.4. The zero-order chi connectivity index (χ0) is 30.7. The van der Waals surface area contributed by atoms with Gasteiger partial charge in [-0.3, -0.25) is 19.3 Å². The van der Waals surface area contributed by atoms with E-state index in [2.05, 4.69) is 25.4 Å². The van der Waals surface area contributed by atoms with Gasteiger partial charge in [0, 0.05) is 36.8 Å². The van der Waals surface area contributed by atoms with Crippen LogP contribution < -0.4 is 20.5 Å². The molecule has 1 saturated heterocycles. The molecule has 0 bridgehead atoms. The number of fused-ring (bicyclic) bond motifs is 3. The summed E-state index contributed by atoms with van der Waals surface area (Å²) in [6.45, 7) is 5.31. The maximum Gasteiger partial charge on any atom is 0.285 e. The van der Waals surface area contributed by atoms with E-state index in [0.717, 1.165) is 56.2 Å². The third-order valence-electron chi connectivity index (χ3n) is 8.65. The summed E-state index contributed by atoms with van der Waals surface area (Å²) in [4.78, 5) is 37.8. The van der Waals surface area contributed by atoms with Gasteiger partial charge in [-0.25, -0.2) is 23.1 Å². The predicted octanol–water partition coefficient (Wildman–Crippen LogP) is 3.36. The van der Waals surface area contributed by atoms with Gasteiger partial charge in [-0.1, -0.05) is 17.7 Å². The summed E-state index contributed by atoms with van der Waals surface area (Å²) < 4.78 is 27.0. The standard InChI is InChI=1S/C29H33ClN8O4S/c1-16-13-19(17(2)32-21-5-6-22(30)33-24(21)26(39)36-43(4,41)42)23-20(14-16)27(40)37(3)28(34-23)38-11-9-29(10-12-38)8-7-18-15-31-35-25(18)29/h5-6,13-15,17,32H,7-12H2,1-4H3,(H,31,35)(H,36,39)/t17-/m1/s1. The molecule has 3 N–H and O–H groups in total. The zero-order valence-corrected chi connectivity index (χ0v) is 25.9. The van der Waals surface area contributed by atoms with Gasteiger partial charge in [0.15, 0.2) is 5.69 Å². The molecule has 0 saturated carbocycles. The molecule has 226 valence electrons. The van der Waals surface area contributed by atoms with E-state index in [-0.39, 0.29) is 27.5 Å². The van der Waals surface area contributed by atoms with E-state index in [4.69, 9.17) is 16.6 Å². The van der Waals surface area contributed by atoms with Gasteiger partial charge in [0.05, 0.1) is 35.1 Å². The lowest BCUT2D eigenvalue weighted by Gasteiger charge is -2.40. The maximum atomic E-state index is 13.7. The second-order valence-electron chi connectivity index (χ2n) is 11.7. The number of amides is 1. The molecule has 1 atom stereocenters. The second-order valence-corrected chi connectivity index (χ2v) is 13.8. The largest absolute Gasteiger partial charge is 0.377 e. The summed E-state index contributed by atoms with van der Waals surface area (Å²) in [5.74, 6) is -0.302. The summed E-state index contributed by atoms with van der Waals surface area (Å²) >= 11 is 6.04. The molecule has 1 aromatic carbocycles. The van der Waals surface area contributed by atoms with Gasteiger partial charge in [-0.05, 0) is 68.9 Å². The Balaban J connectivity index is 1.34. The lowest BCUT2D eigenvalue weighted by Crippen LogP contribution is -2.44. The van der Waals surface area contributed by atoms with Gasteiger partial charge in [-0.2, -0.15) is 5.10 Å². The maximum absolute atomic E-state index is 13.7. The Morgan fingerprint density at radius 3 is 2.63 bits per heavy atom. The number of aromatic nitrogens is 5. The molecule has 3 aromatic heterocycles. The number of rotatable bonds is 6. The number of pyridine rings is 1. The van der Waals surface area contributed by atoms with Crippen LogP contribution in [0.3, 0.4) is 0 Å². The predicted molar refractivity (Wildman–Crippen MR) is 165 cm³/mol. The van der Waals surface area contributed by atoms with Gasteiger partial charge < -0.3 is 10.2 Å². The number of hydrogen-bond acceptors (Lipinski definition) is 9. The zero-order valence-electron chi connectivity index (χ0n) is 24.4. The van der Waals surface area contributed by atoms with Crippen LogP contribution in [0.4, 0.5) is 11.6 Å². The van der Waals surface area contributed by atoms with Crippen LogP contribution in [0.25, 0.3) is 10.9 Å². The van der Waals surface area contributed by atoms with Crippen LogP contribution in [0, 0.1) is 6.92 Å². The number of benzene rings is 1. The average Bonchev–Trinajstić information content (AvgIpc) is 3.55. The number of nitrogens with one attached hydrogen (secondary N) is 3. The smallest absolute Gasteiger partial charge is 0.285 e. The van der Waals surface area contributed by atoms with Crippen molar-refractivity contribution in [1.82, 2.24) is 29.5 Å². The van der Waals surface area contributed by atoms with E-state index in [0.29, 0.717) is 16.9 Å². The molecular weight excluding hydrogens is 592 g/mol. The number of carbonyl (C=O) groups is 1. The Morgan fingerprint density at radius 1 is 1.16 bits per heavy atom. The van der Waals surface area contributed by atoms with E-state index in [1.165, 1.54) is 17.3 Å². The molecule has 0 unspecified atom stereocenters. The van der Waals surface area contributed by atoms with Gasteiger partial charge >= 0.3 is 0 Å². The van der Waals surface area contributed by atoms with Crippen molar-refractivity contribution in [2.75, 3.05) is 29.6 Å². The first-order chi connectivity index (χ1) is 20.3. The first-order valence-electron chi connectivity index (χ1n) is 14.1. The number of sulfonamides is 1. The Hall–Kier alpha value is -3.97. The number of anilines is 2. The highest BCUT2D eigenvalue weighted by atomic mass is 35.5. The van der Waals surface area contributed by atoms with Gasteiger partial charge in [0.1, 0.15) is 5.15 Å². The van der Waals surface area contributed by atoms with Crippen LogP contribution >= 0.6 is 11.6 Å². The van der Waals surface area contributed by atoms with Crippen molar-refractivity contribution in [3.63, 3.8) is 0 Å². The SMILES string of the molecule is Cc1cc([C@@H](C)Nc2ccc(Cl)nc2C(=O)NS(C)(=O)=O)c2nc(N3CCC4(CCc5cn[nH]c54)CC3)n(C)c(=O)c2c1. The minimum absolute atomic E-state index is 0.0392. The summed E-state index contributed by atoms with van der Waals surface area (Å²) in [6, 6.07) is 6.43. The van der Waals surface area contributed by atoms with Crippen molar-refractivity contribution in [2.24, 2.45) is 7.05 Å². The van der Waals surface area contributed by atoms with Crippen molar-refractivity contribution in [3.8, 4) is 0 Å². The minimum atomic E-state index is -3.83. The van der Waals surface area contributed by atoms with E-state index in [1.807, 2.05) is 36.9 Å². The first kappa shape index (κ1) is 29.1. The molecule has 1 amide bonds. The molecular formula is C29H33ClN8O4S. The van der Waals surface area contributed by atoms with Crippen molar-refractivity contribution in [1.29, 1.82) is 0 Å². The summed E-state index contributed by atoms with van der Waals surface area (Å²) in [6.07, 6.45) is 6.84. The molecule has 1 fully saturated rings. The Kier molecular flexibility index (Phi) is 7.20. The van der Waals surface area contributed by atoms with Crippen LogP contribution in [-0.4, -0.2) is 58.4 Å². The lowest BCUT2D eigenvalue weighted by molar-refractivity contribution is 0.0977. The van der Waals surface area contributed by atoms with E-state index < -0.39 is 22.0 Å². The topological polar surface area (TPSA) is 155 Å². The fraction of sp³-hybridized carbons (Fsp3) is 0.414. The summed E-state index contributed by atoms with van der Waals surface area (Å²) in [5, 5.41) is 11.3. The number of carbonyl (C=O) groups excluding carboxylic acids is 1. The van der Waals surface area contributed by atoms with Crippen LogP contribution in [0.15, 0.2) is 35.3 Å². The molecule has 12 nitrogen and oxygen atoms in total. The normalized spacial score (nSPS) is 16.8. The van der Waals surface area contributed by atoms with E-state index in [9.17, 15) is 18.0 Å². The molecule has 4 aromatic rings. The molecule has 1 aliphatic carbocycles. The summed E-state index contributed by atoms with van der Waals surface area (Å²) in [5.41, 5.74) is 4.82. The molecule has 0 radical (unpaired) electrons. The fourth-order valence-corrected chi connectivity index (χ4v) is 7.08. The Morgan fingerprint density at radius 2 is 1.91 bits per heavy atom. The van der Waals surface area contributed by atoms with Crippen LogP contribution in [-0.2, 0) is 28.9 Å². The van der Waals surface area contributed by atoms with Crippen LogP contribution in [0.1, 0.15) is 65.1 Å². The van der Waals surface area contributed by atoms with E-state index in [1.54, 1.807) is 17.7 Å². The third-order valence-corrected chi connectivity index (χ3v) is 9.41. The molecule has 4 heterocycles. The number of nitrogens with zero attached hydrogens (tertiary/aromatic N) is 5. The van der Waals surface area contributed by atoms with Gasteiger partial charge in [0.25, 0.3) is 11.5 Å². The number of aromatic amines is 1. The third kappa shape index (κ3) is 5.35. The van der Waals surface area contributed by atoms with Gasteiger partial charge in [0.2, 0.25) is 16.0 Å². The average molecular weight is 625 g/mol.